The highest BCUT2D eigenvalue weighted by molar-refractivity contribution is 7.89. The van der Waals surface area contributed by atoms with Crippen molar-refractivity contribution in [2.24, 2.45) is 5.92 Å². The van der Waals surface area contributed by atoms with Crippen LogP contribution >= 0.6 is 0 Å². The van der Waals surface area contributed by atoms with Crippen molar-refractivity contribution in [3.8, 4) is 0 Å². The highest BCUT2D eigenvalue weighted by Gasteiger charge is 2.32. The SMILES string of the molecule is COCCS(=O)(=O)N1CCCC(C(=O)Nc2ccc(C(C)C)cc2)C1. The number of carbonyl (C=O) groups is 1. The molecule has 1 heterocycles. The molecule has 1 aliphatic rings. The van der Waals surface area contributed by atoms with E-state index in [-0.39, 0.29) is 30.7 Å². The fourth-order valence-corrected chi connectivity index (χ4v) is 4.37. The molecule has 6 nitrogen and oxygen atoms in total. The first kappa shape index (κ1) is 19.9. The maximum Gasteiger partial charge on any atom is 0.228 e. The van der Waals surface area contributed by atoms with Crippen LogP contribution in [-0.2, 0) is 19.6 Å². The van der Waals surface area contributed by atoms with Gasteiger partial charge in [-0.25, -0.2) is 12.7 Å². The van der Waals surface area contributed by atoms with Gasteiger partial charge < -0.3 is 10.1 Å². The Labute approximate surface area is 150 Å². The maximum atomic E-state index is 12.5. The van der Waals surface area contributed by atoms with Crippen LogP contribution in [0.3, 0.4) is 0 Å². The van der Waals surface area contributed by atoms with Crippen LogP contribution in [0.2, 0.25) is 0 Å². The number of anilines is 1. The summed E-state index contributed by atoms with van der Waals surface area (Å²) in [6.45, 7) is 5.11. The van der Waals surface area contributed by atoms with Crippen LogP contribution in [0.15, 0.2) is 24.3 Å². The first-order valence-corrected chi connectivity index (χ1v) is 10.3. The lowest BCUT2D eigenvalue weighted by atomic mass is 9.98. The third-order valence-corrected chi connectivity index (χ3v) is 6.34. The topological polar surface area (TPSA) is 75.7 Å². The molecule has 1 saturated heterocycles. The Hall–Kier alpha value is -1.44. The van der Waals surface area contributed by atoms with Crippen molar-refractivity contribution >= 4 is 21.6 Å². The summed E-state index contributed by atoms with van der Waals surface area (Å²) in [6, 6.07) is 7.79. The minimum Gasteiger partial charge on any atom is -0.384 e. The Bertz CT molecular complexity index is 671. The Morgan fingerprint density at radius 1 is 1.32 bits per heavy atom. The Kier molecular flexibility index (Phi) is 6.98. The van der Waals surface area contributed by atoms with Crippen LogP contribution in [0.1, 0.15) is 38.2 Å². The highest BCUT2D eigenvalue weighted by Crippen LogP contribution is 2.22. The van der Waals surface area contributed by atoms with Gasteiger partial charge in [-0.15, -0.1) is 0 Å². The van der Waals surface area contributed by atoms with Crippen LogP contribution in [0, 0.1) is 5.92 Å². The van der Waals surface area contributed by atoms with Crippen molar-refractivity contribution < 1.29 is 17.9 Å². The van der Waals surface area contributed by atoms with Gasteiger partial charge in [0, 0.05) is 25.9 Å². The summed E-state index contributed by atoms with van der Waals surface area (Å²) in [5.74, 6) is -0.0529. The van der Waals surface area contributed by atoms with E-state index < -0.39 is 10.0 Å². The van der Waals surface area contributed by atoms with Gasteiger partial charge in [0.25, 0.3) is 0 Å². The van der Waals surface area contributed by atoms with E-state index in [2.05, 4.69) is 19.2 Å². The zero-order chi connectivity index (χ0) is 18.4. The van der Waals surface area contributed by atoms with E-state index >= 15 is 0 Å². The minimum absolute atomic E-state index is 0.0471. The maximum absolute atomic E-state index is 12.5. The summed E-state index contributed by atoms with van der Waals surface area (Å²) >= 11 is 0. The van der Waals surface area contributed by atoms with Crippen LogP contribution in [0.4, 0.5) is 5.69 Å². The van der Waals surface area contributed by atoms with E-state index in [0.717, 1.165) is 5.69 Å². The van der Waals surface area contributed by atoms with Crippen LogP contribution in [-0.4, -0.2) is 51.2 Å². The average Bonchev–Trinajstić information content (AvgIpc) is 2.60. The van der Waals surface area contributed by atoms with E-state index in [4.69, 9.17) is 4.74 Å². The number of benzene rings is 1. The Morgan fingerprint density at radius 2 is 2.00 bits per heavy atom. The van der Waals surface area contributed by atoms with Gasteiger partial charge in [0.15, 0.2) is 0 Å². The molecule has 0 radical (unpaired) electrons. The normalized spacial score (nSPS) is 19.1. The molecule has 1 unspecified atom stereocenters. The molecule has 1 N–H and O–H groups in total. The number of rotatable bonds is 7. The van der Waals surface area contributed by atoms with E-state index in [1.807, 2.05) is 24.3 Å². The Balaban J connectivity index is 1.97. The molecule has 1 amide bonds. The van der Waals surface area contributed by atoms with Gasteiger partial charge in [-0.3, -0.25) is 4.79 Å². The molecular weight excluding hydrogens is 340 g/mol. The number of sulfonamides is 1. The number of hydrogen-bond donors (Lipinski definition) is 1. The molecule has 140 valence electrons. The van der Waals surface area contributed by atoms with Crippen molar-refractivity contribution in [3.63, 3.8) is 0 Å². The molecule has 1 aromatic carbocycles. The van der Waals surface area contributed by atoms with Crippen molar-refractivity contribution in [1.82, 2.24) is 4.31 Å². The highest BCUT2D eigenvalue weighted by atomic mass is 32.2. The molecule has 0 aliphatic carbocycles. The minimum atomic E-state index is -3.37. The largest absolute Gasteiger partial charge is 0.384 e. The van der Waals surface area contributed by atoms with Crippen molar-refractivity contribution in [2.45, 2.75) is 32.6 Å². The zero-order valence-corrected chi connectivity index (χ0v) is 16.0. The number of nitrogens with zero attached hydrogens (tertiary/aromatic N) is 1. The van der Waals surface area contributed by atoms with E-state index in [9.17, 15) is 13.2 Å². The van der Waals surface area contributed by atoms with Crippen molar-refractivity contribution in [2.75, 3.05) is 37.9 Å². The molecule has 2 rings (SSSR count). The summed E-state index contributed by atoms with van der Waals surface area (Å²) in [7, 11) is -1.89. The molecule has 7 heteroatoms. The molecule has 25 heavy (non-hydrogen) atoms. The second kappa shape index (κ2) is 8.78. The number of piperidine rings is 1. The van der Waals surface area contributed by atoms with E-state index in [0.29, 0.717) is 25.3 Å². The first-order chi connectivity index (χ1) is 11.8. The second-order valence-corrected chi connectivity index (χ2v) is 8.86. The number of ether oxygens (including phenoxy) is 1. The summed E-state index contributed by atoms with van der Waals surface area (Å²) < 4.78 is 30.9. The van der Waals surface area contributed by atoms with Crippen LogP contribution in [0.25, 0.3) is 0 Å². The predicted octanol–water partition coefficient (Wildman–Crippen LogP) is 2.44. The Morgan fingerprint density at radius 3 is 2.60 bits per heavy atom. The van der Waals surface area contributed by atoms with Gasteiger partial charge >= 0.3 is 0 Å². The lowest BCUT2D eigenvalue weighted by Gasteiger charge is -2.31. The van der Waals surface area contributed by atoms with E-state index in [1.54, 1.807) is 0 Å². The smallest absolute Gasteiger partial charge is 0.228 e. The molecule has 1 fully saturated rings. The quantitative estimate of drug-likeness (QED) is 0.802. The van der Waals surface area contributed by atoms with Gasteiger partial charge in [0.05, 0.1) is 18.3 Å². The van der Waals surface area contributed by atoms with Crippen molar-refractivity contribution in [3.05, 3.63) is 29.8 Å². The molecule has 1 aliphatic heterocycles. The molecule has 0 spiro atoms. The van der Waals surface area contributed by atoms with Crippen LogP contribution < -0.4 is 5.32 Å². The summed E-state index contributed by atoms with van der Waals surface area (Å²) in [5, 5.41) is 2.91. The van der Waals surface area contributed by atoms with Gasteiger partial charge in [0.2, 0.25) is 15.9 Å². The van der Waals surface area contributed by atoms with E-state index in [1.165, 1.54) is 17.0 Å². The zero-order valence-electron chi connectivity index (χ0n) is 15.2. The number of methoxy groups -OCH3 is 1. The number of carbonyl (C=O) groups excluding carboxylic acids is 1. The third kappa shape index (κ3) is 5.52. The standard InChI is InChI=1S/C18H28N2O4S/c1-14(2)15-6-8-17(9-7-15)19-18(21)16-5-4-10-20(13-16)25(22,23)12-11-24-3/h6-9,14,16H,4-5,10-13H2,1-3H3,(H,19,21). The lowest BCUT2D eigenvalue weighted by Crippen LogP contribution is -2.45. The molecule has 0 aromatic heterocycles. The molecule has 0 bridgehead atoms. The summed E-state index contributed by atoms with van der Waals surface area (Å²) in [6.07, 6.45) is 1.39. The molecule has 1 aromatic rings. The predicted molar refractivity (Wildman–Crippen MR) is 99.1 cm³/mol. The van der Waals surface area contributed by atoms with Crippen LogP contribution in [0.5, 0.6) is 0 Å². The molecular formula is C18H28N2O4S. The van der Waals surface area contributed by atoms with Gasteiger partial charge in [-0.2, -0.15) is 0 Å². The first-order valence-electron chi connectivity index (χ1n) is 8.71. The fourth-order valence-electron chi connectivity index (χ4n) is 2.92. The van der Waals surface area contributed by atoms with Gasteiger partial charge in [-0.1, -0.05) is 26.0 Å². The monoisotopic (exact) mass is 368 g/mol. The number of hydrogen-bond acceptors (Lipinski definition) is 4. The fraction of sp³-hybridized carbons (Fsp3) is 0.611. The summed E-state index contributed by atoms with van der Waals surface area (Å²) in [5.41, 5.74) is 1.96. The molecule has 1 atom stereocenters. The second-order valence-electron chi connectivity index (χ2n) is 6.77. The lowest BCUT2D eigenvalue weighted by molar-refractivity contribution is -0.120. The molecule has 0 saturated carbocycles. The summed E-state index contributed by atoms with van der Waals surface area (Å²) in [4.78, 5) is 12.5. The number of amides is 1. The van der Waals surface area contributed by atoms with Crippen molar-refractivity contribution in [1.29, 1.82) is 0 Å². The average molecular weight is 368 g/mol. The number of nitrogens with one attached hydrogen (secondary N) is 1. The van der Waals surface area contributed by atoms with Gasteiger partial charge in [0.1, 0.15) is 0 Å². The third-order valence-electron chi connectivity index (χ3n) is 4.54. The van der Waals surface area contributed by atoms with Gasteiger partial charge in [-0.05, 0) is 36.5 Å².